The Morgan fingerprint density at radius 1 is 0.754 bits per heavy atom. The molecule has 35 nitrogen and oxygen atoms in total. The Hall–Kier alpha value is -9.56. The third kappa shape index (κ3) is 27.3. The molecule has 1 aliphatic carbocycles. The number of benzene rings is 1. The van der Waals surface area contributed by atoms with Gasteiger partial charge in [-0.2, -0.15) is 10.1 Å². The Balaban J connectivity index is 0.630. The van der Waals surface area contributed by atoms with Crippen LogP contribution >= 0.6 is 0 Å². The minimum atomic E-state index is -2.47. The van der Waals surface area contributed by atoms with Crippen LogP contribution in [0.1, 0.15) is 157 Å². The molecule has 16 atom stereocenters. The Bertz CT molecular complexity index is 4570. The van der Waals surface area contributed by atoms with Gasteiger partial charge in [0.2, 0.25) is 29.5 Å². The lowest BCUT2D eigenvalue weighted by Gasteiger charge is -2.43. The molecule has 2 bridgehead atoms. The normalized spacial score (nSPS) is 27.8. The zero-order valence-corrected chi connectivity index (χ0v) is 75.3. The first-order valence-electron chi connectivity index (χ1n) is 44.5. The number of Topliss-reactive ketones (excluding diaryl/α,β-unsaturated/α-hetero) is 2. The highest BCUT2D eigenvalue weighted by atomic mass is 16.6. The minimum absolute atomic E-state index is 0.00174. The maximum Gasteiger partial charge on any atom is 0.329 e. The summed E-state index contributed by atoms with van der Waals surface area (Å²) in [5.74, 6) is -7.53. The summed E-state index contributed by atoms with van der Waals surface area (Å²) in [5.41, 5.74) is 17.3. The van der Waals surface area contributed by atoms with Crippen molar-refractivity contribution in [1.29, 1.82) is 0 Å². The number of piperazine rings is 1. The van der Waals surface area contributed by atoms with Gasteiger partial charge in [-0.05, 0) is 157 Å². The number of nitrogen functional groups attached to an aromatic ring is 2. The molecule has 35 heteroatoms. The Morgan fingerprint density at radius 2 is 1.50 bits per heavy atom. The molecule has 3 saturated heterocycles. The molecule has 4 aliphatic heterocycles. The summed E-state index contributed by atoms with van der Waals surface area (Å²) in [5, 5.41) is 35.2. The monoisotopic (exact) mass is 1760 g/mol. The molecule has 5 aliphatic rings. The van der Waals surface area contributed by atoms with Gasteiger partial charge in [-0.25, -0.2) is 29.4 Å². The summed E-state index contributed by atoms with van der Waals surface area (Å²) in [4.78, 5) is 139. The smallest absolute Gasteiger partial charge is 0.329 e. The number of allylic oxidation sites excluding steroid dienone is 5. The predicted octanol–water partition coefficient (Wildman–Crippen LogP) is 7.43. The Morgan fingerprint density at radius 3 is 2.24 bits per heavy atom. The first-order chi connectivity index (χ1) is 60.5. The number of aryl methyl sites for hydroxylation is 2. The number of nitrogens with two attached hydrogens (primary N) is 2. The average Bonchev–Trinajstić information content (AvgIpc) is 1.33. The van der Waals surface area contributed by atoms with E-state index in [2.05, 4.69) is 35.6 Å². The summed E-state index contributed by atoms with van der Waals surface area (Å²) in [7, 11) is 7.86. The van der Waals surface area contributed by atoms with Gasteiger partial charge in [-0.3, -0.25) is 38.5 Å². The lowest BCUT2D eigenvalue weighted by molar-refractivity contribution is -0.265. The summed E-state index contributed by atoms with van der Waals surface area (Å²) < 4.78 is 61.3. The largest absolute Gasteiger partial charge is 0.460 e. The number of piperidine rings is 1. The first kappa shape index (κ1) is 98.6. The molecule has 126 heavy (non-hydrogen) atoms. The second-order valence-electron chi connectivity index (χ2n) is 34.5. The zero-order valence-electron chi connectivity index (χ0n) is 75.3. The van der Waals surface area contributed by atoms with Gasteiger partial charge in [-0.1, -0.05) is 71.1 Å². The number of amides is 4. The maximum atomic E-state index is 15.0. The van der Waals surface area contributed by atoms with E-state index in [9.17, 15) is 48.6 Å². The quantitative estimate of drug-likeness (QED) is 0.0109. The van der Waals surface area contributed by atoms with Crippen molar-refractivity contribution in [2.24, 2.45) is 35.5 Å². The van der Waals surface area contributed by atoms with Crippen LogP contribution in [0.15, 0.2) is 88.9 Å². The number of likely N-dealkylation sites (N-methyl/N-ethyl adjacent to an activating group) is 1. The topological polar surface area (TPSA) is 445 Å². The van der Waals surface area contributed by atoms with E-state index in [0.29, 0.717) is 168 Å². The number of oxazole rings is 1. The standard InChI is InChI=1S/C91H133N15O20/c1-56-20-14-13-15-21-57(2)71(117-9)49-66-27-23-62(7)91(116,126-66)84(113)87(114)105-34-18-16-22-68(105)88(115)124-73(50-72(118-10)58(3)45-61(6)82(112)83(120-12)81(111)60(5)44-56)59(4)46-63-24-28-70(74(47-63)119-11)123-78(110)30-25-64-51-96-90(97-52-64)104-38-36-103(37-39-104)77(109)54-102(8)53-76(108)95-33-41-122-43-42-121-40-31-75(107)94-32-17-19-35-106-86-79(85(92)98-55-99-86)80(101-106)65-26-29-69-67(48-65)100-89(93)125-69/h13-15,20-21,26,29,45,48,51-52,55-56,58-60,62-63,66,68,70-74,82-83,112,116H,16-19,22-25,27-28,30-44,46-47,49-50,53-54H2,1-12H3,(H2,93,100)(H,94,107)(H,95,108)(H2,92,98,99)/b15-13+,20-14+,57-21+,61-45+/t56-,58-,59-,60-,62-,63+,66+,68+,70-,71+,72-,73+,74-,82-,83+,91-/m1/s1. The van der Waals surface area contributed by atoms with Crippen molar-refractivity contribution in [3.8, 4) is 11.3 Å². The van der Waals surface area contributed by atoms with Crippen LogP contribution in [0.5, 0.6) is 0 Å². The van der Waals surface area contributed by atoms with Crippen molar-refractivity contribution in [2.45, 2.75) is 225 Å². The number of hydrogen-bond acceptors (Lipinski definition) is 30. The lowest BCUT2D eigenvalue weighted by atomic mass is 9.78. The number of carbonyl (C=O) groups is 8. The van der Waals surface area contributed by atoms with E-state index in [0.717, 1.165) is 16.7 Å². The van der Waals surface area contributed by atoms with Crippen LogP contribution in [0.3, 0.4) is 0 Å². The molecule has 0 spiro atoms. The van der Waals surface area contributed by atoms with Gasteiger partial charge >= 0.3 is 11.9 Å². The lowest BCUT2D eigenvalue weighted by Crippen LogP contribution is -2.61. The number of carbonyl (C=O) groups excluding carboxylic acids is 8. The van der Waals surface area contributed by atoms with Crippen LogP contribution in [0, 0.1) is 35.5 Å². The molecule has 4 amide bonds. The van der Waals surface area contributed by atoms with Crippen molar-refractivity contribution in [1.82, 2.24) is 60.0 Å². The molecule has 8 heterocycles. The van der Waals surface area contributed by atoms with E-state index >= 15 is 0 Å². The molecule has 1 saturated carbocycles. The highest BCUT2D eigenvalue weighted by Crippen LogP contribution is 2.40. The number of esters is 2. The molecule has 0 radical (unpaired) electrons. The molecule has 10 rings (SSSR count). The molecule has 4 aromatic heterocycles. The number of ether oxygens (including phenoxy) is 9. The molecule has 4 fully saturated rings. The number of methoxy groups -OCH3 is 4. The number of aliphatic hydroxyl groups excluding tert-OH is 1. The van der Waals surface area contributed by atoms with Crippen molar-refractivity contribution in [2.75, 3.05) is 137 Å². The van der Waals surface area contributed by atoms with E-state index in [1.165, 1.54) is 18.3 Å². The van der Waals surface area contributed by atoms with Crippen LogP contribution in [0.4, 0.5) is 17.8 Å². The maximum absolute atomic E-state index is 15.0. The Labute approximate surface area is 738 Å². The van der Waals surface area contributed by atoms with Crippen LogP contribution in [0.25, 0.3) is 33.4 Å². The fourth-order valence-electron chi connectivity index (χ4n) is 17.6. The van der Waals surface area contributed by atoms with E-state index in [1.807, 2.05) is 88.1 Å². The molecular formula is C91H133N15O20. The summed E-state index contributed by atoms with van der Waals surface area (Å²) in [6, 6.07) is 4.38. The van der Waals surface area contributed by atoms with Crippen molar-refractivity contribution in [3.05, 3.63) is 90.1 Å². The number of ketones is 2. The molecule has 0 unspecified atom stereocenters. The molecule has 5 aromatic rings. The number of nitrogens with zero attached hydrogens (tertiary/aromatic N) is 11. The van der Waals surface area contributed by atoms with Crippen LogP contribution < -0.4 is 27.0 Å². The Kier molecular flexibility index (Phi) is 37.6. The molecular weight excluding hydrogens is 1620 g/mol. The number of aromatic nitrogens is 7. The van der Waals surface area contributed by atoms with Gasteiger partial charge in [-0.15, -0.1) is 0 Å². The average molecular weight is 1760 g/mol. The second kappa shape index (κ2) is 48.0. The van der Waals surface area contributed by atoms with Gasteiger partial charge in [0.25, 0.3) is 17.7 Å². The number of fused-ring (bicyclic) bond motifs is 5. The highest BCUT2D eigenvalue weighted by Gasteiger charge is 2.53. The fourth-order valence-corrected chi connectivity index (χ4v) is 17.6. The van der Waals surface area contributed by atoms with Gasteiger partial charge in [0, 0.05) is 142 Å². The summed E-state index contributed by atoms with van der Waals surface area (Å²) >= 11 is 0. The summed E-state index contributed by atoms with van der Waals surface area (Å²) in [6.45, 7) is 17.4. The predicted molar refractivity (Wildman–Crippen MR) is 470 cm³/mol. The number of unbranched alkanes of at least 4 members (excludes halogenated alkanes) is 1. The van der Waals surface area contributed by atoms with Gasteiger partial charge in [0.05, 0.1) is 69.3 Å². The van der Waals surface area contributed by atoms with Crippen LogP contribution in [-0.2, 0) is 94.0 Å². The first-order valence-corrected chi connectivity index (χ1v) is 44.5. The molecule has 8 N–H and O–H groups in total. The van der Waals surface area contributed by atoms with Gasteiger partial charge in [0.1, 0.15) is 53.8 Å². The van der Waals surface area contributed by atoms with E-state index in [4.69, 9.17) is 63.6 Å². The van der Waals surface area contributed by atoms with Crippen molar-refractivity contribution >= 4 is 87.0 Å². The van der Waals surface area contributed by atoms with Gasteiger partial charge in [0.15, 0.2) is 17.0 Å². The number of nitrogens with one attached hydrogen (secondary N) is 2. The highest BCUT2D eigenvalue weighted by molar-refractivity contribution is 6.39. The number of rotatable bonds is 31. The van der Waals surface area contributed by atoms with Crippen LogP contribution in [-0.4, -0.2) is 288 Å². The number of aliphatic hydroxyl groups is 2. The summed E-state index contributed by atoms with van der Waals surface area (Å²) in [6.07, 6.45) is 17.8. The van der Waals surface area contributed by atoms with E-state index in [1.54, 1.807) is 75.2 Å². The SMILES string of the molecule is CO[C@H]1C[C@@H]2CC[C@@H](C)[C@@](O)(O2)C(=O)C(=O)N2CCCC[C@H]2C(=O)O[C@H]([C@H](C)C[C@@H]2CC[C@@H](OC(=O)CCc3cnc(N4CCN(C(=O)CN(C)CC(=O)NCCOCCOCCC(=O)NCCCCn5nc(-c6ccc7oc(N)nc7c6)c6c(N)ncnc65)CC4)nc3)[C@H](OC)C2)C[C@@H](OC)[C@H](C)/C=C(\C)[C@@H](O)[C@@H](OC)C(=O)[C@H](C)C[C@H](C)/C=C/C=C/C=C/1C. The van der Waals surface area contributed by atoms with Gasteiger partial charge < -0.3 is 94.1 Å². The van der Waals surface area contributed by atoms with E-state index in [-0.39, 0.29) is 126 Å². The third-order valence-electron chi connectivity index (χ3n) is 25.0. The van der Waals surface area contributed by atoms with Crippen molar-refractivity contribution in [3.63, 3.8) is 0 Å². The zero-order chi connectivity index (χ0) is 90.7. The van der Waals surface area contributed by atoms with Crippen molar-refractivity contribution < 1.29 is 95.6 Å². The second-order valence-corrected chi connectivity index (χ2v) is 34.5. The van der Waals surface area contributed by atoms with E-state index < -0.39 is 102 Å². The number of hydrogen-bond donors (Lipinski definition) is 6. The molecule has 692 valence electrons. The number of cyclic esters (lactones) is 1. The third-order valence-corrected chi connectivity index (χ3v) is 25.0. The minimum Gasteiger partial charge on any atom is -0.460 e. The fraction of sp³-hybridized carbons (Fsp3) is 0.648. The van der Waals surface area contributed by atoms with Crippen LogP contribution in [0.2, 0.25) is 0 Å². The number of anilines is 3. The molecule has 1 aromatic carbocycles.